The number of rotatable bonds is 6. The number of benzene rings is 1. The van der Waals surface area contributed by atoms with E-state index in [9.17, 15) is 4.79 Å². The van der Waals surface area contributed by atoms with Crippen LogP contribution in [0.4, 0.5) is 0 Å². The number of nitrogens with zero attached hydrogens (tertiary/aromatic N) is 1. The van der Waals surface area contributed by atoms with Crippen molar-refractivity contribution in [1.29, 1.82) is 0 Å². The van der Waals surface area contributed by atoms with Crippen molar-refractivity contribution in [2.45, 2.75) is 51.1 Å². The zero-order valence-corrected chi connectivity index (χ0v) is 15.0. The van der Waals surface area contributed by atoms with Crippen LogP contribution in [0.1, 0.15) is 44.1 Å². The first kappa shape index (κ1) is 18.6. The van der Waals surface area contributed by atoms with Crippen molar-refractivity contribution in [2.24, 2.45) is 4.99 Å². The third-order valence-corrected chi connectivity index (χ3v) is 4.46. The molecular weight excluding hydrogens is 324 g/mol. The Balaban J connectivity index is 1.63. The van der Waals surface area contributed by atoms with Gasteiger partial charge < -0.3 is 16.0 Å². The third kappa shape index (κ3) is 6.79. The van der Waals surface area contributed by atoms with Gasteiger partial charge in [0.2, 0.25) is 5.91 Å². The maximum absolute atomic E-state index is 12.0. The van der Waals surface area contributed by atoms with Gasteiger partial charge in [-0.3, -0.25) is 9.79 Å². The van der Waals surface area contributed by atoms with E-state index < -0.39 is 0 Å². The Hall–Kier alpha value is -1.75. The summed E-state index contributed by atoms with van der Waals surface area (Å²) < 4.78 is 0. The first-order valence-corrected chi connectivity index (χ1v) is 9.03. The molecule has 0 radical (unpaired) electrons. The predicted molar refractivity (Wildman–Crippen MR) is 99.3 cm³/mol. The molecule has 0 atom stereocenters. The highest BCUT2D eigenvalue weighted by Crippen LogP contribution is 2.17. The quantitative estimate of drug-likeness (QED) is 0.546. The average molecular weight is 351 g/mol. The summed E-state index contributed by atoms with van der Waals surface area (Å²) in [6.45, 7) is 1.23. The molecule has 1 aromatic carbocycles. The first-order chi connectivity index (χ1) is 11.7. The second-order valence-electron chi connectivity index (χ2n) is 6.13. The molecule has 0 spiro atoms. The Morgan fingerprint density at radius 1 is 1.17 bits per heavy atom. The highest BCUT2D eigenvalue weighted by molar-refractivity contribution is 6.30. The van der Waals surface area contributed by atoms with Crippen molar-refractivity contribution < 1.29 is 4.79 Å². The van der Waals surface area contributed by atoms with Gasteiger partial charge in [-0.1, -0.05) is 43.0 Å². The number of carbonyl (C=O) groups is 1. The largest absolute Gasteiger partial charge is 0.356 e. The summed E-state index contributed by atoms with van der Waals surface area (Å²) >= 11 is 5.88. The fourth-order valence-corrected chi connectivity index (χ4v) is 2.98. The molecule has 1 aliphatic carbocycles. The molecule has 3 N–H and O–H groups in total. The zero-order valence-electron chi connectivity index (χ0n) is 14.3. The second kappa shape index (κ2) is 10.2. The second-order valence-corrected chi connectivity index (χ2v) is 6.57. The number of hydrogen-bond acceptors (Lipinski definition) is 2. The van der Waals surface area contributed by atoms with Crippen LogP contribution in [0, 0.1) is 0 Å². The number of carbonyl (C=O) groups excluding carboxylic acids is 1. The van der Waals surface area contributed by atoms with Crippen LogP contribution >= 0.6 is 11.6 Å². The topological polar surface area (TPSA) is 65.5 Å². The number of nitrogens with one attached hydrogen (secondary N) is 3. The van der Waals surface area contributed by atoms with E-state index in [0.29, 0.717) is 31.5 Å². The lowest BCUT2D eigenvalue weighted by molar-refractivity contribution is -0.121. The highest BCUT2D eigenvalue weighted by atomic mass is 35.5. The molecule has 0 unspecified atom stereocenters. The normalized spacial score (nSPS) is 15.8. The van der Waals surface area contributed by atoms with Gasteiger partial charge >= 0.3 is 0 Å². The molecule has 1 saturated carbocycles. The lowest BCUT2D eigenvalue weighted by atomic mass is 9.95. The molecule has 0 bridgehead atoms. The number of halogens is 1. The van der Waals surface area contributed by atoms with E-state index in [4.69, 9.17) is 11.6 Å². The molecule has 0 saturated heterocycles. The van der Waals surface area contributed by atoms with Crippen LogP contribution in [0.25, 0.3) is 0 Å². The van der Waals surface area contributed by atoms with Crippen LogP contribution in [0.3, 0.4) is 0 Å². The lowest BCUT2D eigenvalue weighted by Crippen LogP contribution is -2.41. The number of aliphatic imine (C=N–C) groups is 1. The fraction of sp³-hybridized carbons (Fsp3) is 0.556. The van der Waals surface area contributed by atoms with Crippen LogP contribution in [-0.4, -0.2) is 31.5 Å². The summed E-state index contributed by atoms with van der Waals surface area (Å²) in [4.78, 5) is 16.1. The molecule has 0 heterocycles. The average Bonchev–Trinajstić information content (AvgIpc) is 2.60. The molecule has 24 heavy (non-hydrogen) atoms. The fourth-order valence-electron chi connectivity index (χ4n) is 2.85. The summed E-state index contributed by atoms with van der Waals surface area (Å²) in [5.74, 6) is 0.804. The summed E-state index contributed by atoms with van der Waals surface area (Å²) in [6, 6.07) is 8.04. The van der Waals surface area contributed by atoms with E-state index in [1.54, 1.807) is 7.05 Å². The predicted octanol–water partition coefficient (Wildman–Crippen LogP) is 2.84. The molecule has 6 heteroatoms. The molecule has 5 nitrogen and oxygen atoms in total. The van der Waals surface area contributed by atoms with Crippen LogP contribution in [0.5, 0.6) is 0 Å². The molecular formula is C18H27ClN4O. The Kier molecular flexibility index (Phi) is 7.89. The van der Waals surface area contributed by atoms with Crippen molar-refractivity contribution in [2.75, 3.05) is 13.6 Å². The van der Waals surface area contributed by atoms with Crippen molar-refractivity contribution in [3.05, 3.63) is 34.9 Å². The van der Waals surface area contributed by atoms with Crippen molar-refractivity contribution in [3.8, 4) is 0 Å². The van der Waals surface area contributed by atoms with E-state index in [2.05, 4.69) is 20.9 Å². The Labute approximate surface area is 149 Å². The number of hydrogen-bond donors (Lipinski definition) is 3. The van der Waals surface area contributed by atoms with Gasteiger partial charge in [-0.25, -0.2) is 0 Å². The standard InChI is InChI=1S/C18H27ClN4O/c1-20-18(22-13-14-7-9-15(19)10-8-14)21-12-11-17(24)23-16-5-3-2-4-6-16/h7-10,16H,2-6,11-13H2,1H3,(H,23,24)(H2,20,21,22). The Bertz CT molecular complexity index is 538. The Morgan fingerprint density at radius 2 is 1.88 bits per heavy atom. The van der Waals surface area contributed by atoms with Crippen molar-refractivity contribution in [3.63, 3.8) is 0 Å². The van der Waals surface area contributed by atoms with Gasteiger partial charge in [0, 0.05) is 37.6 Å². The lowest BCUT2D eigenvalue weighted by Gasteiger charge is -2.22. The molecule has 1 aromatic rings. The SMILES string of the molecule is CN=C(NCCC(=O)NC1CCCCC1)NCc1ccc(Cl)cc1. The van der Waals surface area contributed by atoms with E-state index in [-0.39, 0.29) is 5.91 Å². The molecule has 0 aromatic heterocycles. The van der Waals surface area contributed by atoms with Crippen molar-refractivity contribution >= 4 is 23.5 Å². The molecule has 1 aliphatic rings. The minimum absolute atomic E-state index is 0.113. The smallest absolute Gasteiger partial charge is 0.221 e. The van der Waals surface area contributed by atoms with Gasteiger partial charge in [-0.05, 0) is 30.5 Å². The van der Waals surface area contributed by atoms with Crippen LogP contribution < -0.4 is 16.0 Å². The van der Waals surface area contributed by atoms with Gasteiger partial charge in [-0.2, -0.15) is 0 Å². The van der Waals surface area contributed by atoms with E-state index in [0.717, 1.165) is 23.4 Å². The highest BCUT2D eigenvalue weighted by Gasteiger charge is 2.15. The van der Waals surface area contributed by atoms with E-state index in [1.807, 2.05) is 24.3 Å². The summed E-state index contributed by atoms with van der Waals surface area (Å²) in [7, 11) is 1.72. The summed E-state index contributed by atoms with van der Waals surface area (Å²) in [6.07, 6.45) is 6.43. The van der Waals surface area contributed by atoms with Gasteiger partial charge in [0.15, 0.2) is 5.96 Å². The summed E-state index contributed by atoms with van der Waals surface area (Å²) in [5.41, 5.74) is 1.12. The molecule has 1 amide bonds. The summed E-state index contributed by atoms with van der Waals surface area (Å²) in [5, 5.41) is 10.2. The van der Waals surface area contributed by atoms with Crippen LogP contribution in [-0.2, 0) is 11.3 Å². The number of guanidine groups is 1. The Morgan fingerprint density at radius 3 is 2.54 bits per heavy atom. The number of amides is 1. The van der Waals surface area contributed by atoms with Gasteiger partial charge in [0.1, 0.15) is 0 Å². The minimum Gasteiger partial charge on any atom is -0.356 e. The van der Waals surface area contributed by atoms with Gasteiger partial charge in [-0.15, -0.1) is 0 Å². The van der Waals surface area contributed by atoms with Crippen LogP contribution in [0.15, 0.2) is 29.3 Å². The molecule has 2 rings (SSSR count). The van der Waals surface area contributed by atoms with Gasteiger partial charge in [0.05, 0.1) is 0 Å². The third-order valence-electron chi connectivity index (χ3n) is 4.21. The monoisotopic (exact) mass is 350 g/mol. The maximum Gasteiger partial charge on any atom is 0.221 e. The minimum atomic E-state index is 0.113. The first-order valence-electron chi connectivity index (χ1n) is 8.65. The van der Waals surface area contributed by atoms with E-state index >= 15 is 0 Å². The van der Waals surface area contributed by atoms with Crippen molar-refractivity contribution in [1.82, 2.24) is 16.0 Å². The molecule has 1 fully saturated rings. The van der Waals surface area contributed by atoms with Gasteiger partial charge in [0.25, 0.3) is 0 Å². The van der Waals surface area contributed by atoms with Crippen LogP contribution in [0.2, 0.25) is 5.02 Å². The molecule has 0 aliphatic heterocycles. The van der Waals surface area contributed by atoms with E-state index in [1.165, 1.54) is 19.3 Å². The maximum atomic E-state index is 12.0. The molecule has 132 valence electrons. The zero-order chi connectivity index (χ0) is 17.2.